The lowest BCUT2D eigenvalue weighted by atomic mass is 9.78. The van der Waals surface area contributed by atoms with Gasteiger partial charge >= 0.3 is 5.97 Å². The van der Waals surface area contributed by atoms with Crippen molar-refractivity contribution in [3.63, 3.8) is 0 Å². The van der Waals surface area contributed by atoms with Crippen LogP contribution in [0.2, 0.25) is 0 Å². The van der Waals surface area contributed by atoms with Gasteiger partial charge in [-0.1, -0.05) is 74.5 Å². The van der Waals surface area contributed by atoms with E-state index in [1.54, 1.807) is 25.1 Å². The van der Waals surface area contributed by atoms with Crippen LogP contribution in [0.4, 0.5) is 0 Å². The third kappa shape index (κ3) is 6.06. The second-order valence-electron chi connectivity index (χ2n) is 9.98. The molecule has 0 bridgehead atoms. The van der Waals surface area contributed by atoms with Crippen LogP contribution >= 0.6 is 12.2 Å². The van der Waals surface area contributed by atoms with E-state index >= 15 is 0 Å². The fourth-order valence-electron chi connectivity index (χ4n) is 4.97. The molecule has 8 nitrogen and oxygen atoms in total. The summed E-state index contributed by atoms with van der Waals surface area (Å²) in [4.78, 5) is 29.4. The molecule has 3 aromatic carbocycles. The van der Waals surface area contributed by atoms with Crippen LogP contribution in [0.15, 0.2) is 78.9 Å². The molecule has 0 spiro atoms. The highest BCUT2D eigenvalue weighted by molar-refractivity contribution is 7.80. The molecule has 0 saturated carbocycles. The Morgan fingerprint density at radius 3 is 2.07 bits per heavy atom. The number of hydrogen-bond donors (Lipinski definition) is 0. The van der Waals surface area contributed by atoms with Gasteiger partial charge < -0.3 is 23.7 Å². The predicted molar refractivity (Wildman–Crippen MR) is 158 cm³/mol. The molecule has 1 heterocycles. The number of amides is 1. The van der Waals surface area contributed by atoms with Gasteiger partial charge in [0, 0.05) is 23.8 Å². The van der Waals surface area contributed by atoms with Crippen LogP contribution in [0, 0.1) is 5.92 Å². The van der Waals surface area contributed by atoms with Crippen LogP contribution in [-0.2, 0) is 24.6 Å². The van der Waals surface area contributed by atoms with Crippen LogP contribution in [0.1, 0.15) is 48.4 Å². The van der Waals surface area contributed by atoms with Crippen LogP contribution < -0.4 is 9.47 Å². The summed E-state index contributed by atoms with van der Waals surface area (Å²) in [6.45, 7) is 6.23. The summed E-state index contributed by atoms with van der Waals surface area (Å²) in [6.07, 6.45) is -0.835. The van der Waals surface area contributed by atoms with E-state index in [-0.39, 0.29) is 23.3 Å². The third-order valence-electron chi connectivity index (χ3n) is 6.76. The summed E-state index contributed by atoms with van der Waals surface area (Å²) in [5, 5.41) is -0.173. The van der Waals surface area contributed by atoms with E-state index in [0.717, 1.165) is 5.56 Å². The summed E-state index contributed by atoms with van der Waals surface area (Å²) in [6, 6.07) is 22.1. The van der Waals surface area contributed by atoms with Crippen molar-refractivity contribution in [1.82, 2.24) is 4.90 Å². The number of ether oxygens (including phenoxy) is 5. The highest BCUT2D eigenvalue weighted by Gasteiger charge is 2.64. The van der Waals surface area contributed by atoms with Gasteiger partial charge in [-0.25, -0.2) is 9.69 Å². The van der Waals surface area contributed by atoms with Gasteiger partial charge in [-0.3, -0.25) is 4.79 Å². The molecule has 1 fully saturated rings. The van der Waals surface area contributed by atoms with E-state index in [1.165, 1.54) is 19.1 Å². The fourth-order valence-corrected chi connectivity index (χ4v) is 5.29. The van der Waals surface area contributed by atoms with Crippen molar-refractivity contribution < 1.29 is 33.3 Å². The van der Waals surface area contributed by atoms with Crippen molar-refractivity contribution in [3.05, 3.63) is 95.6 Å². The lowest BCUT2D eigenvalue weighted by molar-refractivity contribution is -0.163. The largest absolute Gasteiger partial charge is 0.497 e. The first-order valence-electron chi connectivity index (χ1n) is 13.4. The predicted octanol–water partition coefficient (Wildman–Crippen LogP) is 5.70. The average Bonchev–Trinajstić information content (AvgIpc) is 3.30. The number of nitrogens with zero attached hydrogens (tertiary/aromatic N) is 1. The van der Waals surface area contributed by atoms with Gasteiger partial charge in [0.1, 0.15) is 17.6 Å². The quantitative estimate of drug-likeness (QED) is 0.212. The Labute approximate surface area is 246 Å². The molecule has 3 unspecified atom stereocenters. The number of methoxy groups -OCH3 is 2. The van der Waals surface area contributed by atoms with E-state index in [4.69, 9.17) is 35.9 Å². The Bertz CT molecular complexity index is 1340. The molecule has 0 radical (unpaired) electrons. The maximum Gasteiger partial charge on any atom is 0.334 e. The number of hydrogen-bond acceptors (Lipinski definition) is 8. The van der Waals surface area contributed by atoms with E-state index in [1.807, 2.05) is 74.5 Å². The lowest BCUT2D eigenvalue weighted by Crippen LogP contribution is -2.54. The van der Waals surface area contributed by atoms with E-state index < -0.39 is 29.6 Å². The number of thiocarbonyl (C=S) groups is 1. The summed E-state index contributed by atoms with van der Waals surface area (Å²) in [5.41, 5.74) is -0.00734. The molecule has 1 aliphatic heterocycles. The zero-order valence-corrected chi connectivity index (χ0v) is 24.7. The van der Waals surface area contributed by atoms with E-state index in [9.17, 15) is 9.59 Å². The fraction of sp³-hybridized carbons (Fsp3) is 0.344. The molecule has 4 rings (SSSR count). The molecular formula is C32H35NO7S. The van der Waals surface area contributed by atoms with Crippen molar-refractivity contribution in [1.29, 1.82) is 0 Å². The molecule has 41 heavy (non-hydrogen) atoms. The standard InChI is InChI=1S/C32H35NO7S/c1-6-38-30(35)27-32(24-15-11-8-12-16-24,28(39-20-21(2)3)22-13-9-7-10-14-22)40-31(41)33(27)29(34)23-17-25(36-4)19-26(18-23)37-5/h7-19,21,27-28H,6,20H2,1-5H3. The molecule has 9 heteroatoms. The Balaban J connectivity index is 1.97. The first kappa shape index (κ1) is 30.0. The van der Waals surface area contributed by atoms with Crippen molar-refractivity contribution >= 4 is 29.3 Å². The number of benzene rings is 3. The second kappa shape index (κ2) is 13.1. The maximum absolute atomic E-state index is 14.3. The highest BCUT2D eigenvalue weighted by atomic mass is 32.1. The third-order valence-corrected chi connectivity index (χ3v) is 7.04. The average molecular weight is 578 g/mol. The Morgan fingerprint density at radius 1 is 0.951 bits per heavy atom. The van der Waals surface area contributed by atoms with Crippen LogP contribution in [0.5, 0.6) is 11.5 Å². The number of carbonyl (C=O) groups excluding carboxylic acids is 2. The van der Waals surface area contributed by atoms with Crippen molar-refractivity contribution in [2.45, 2.75) is 38.5 Å². The molecule has 0 aromatic heterocycles. The monoisotopic (exact) mass is 577 g/mol. The van der Waals surface area contributed by atoms with Gasteiger partial charge in [-0.2, -0.15) is 0 Å². The first-order valence-corrected chi connectivity index (χ1v) is 13.9. The number of esters is 1. The molecular weight excluding hydrogens is 542 g/mol. The normalized spacial score (nSPS) is 19.0. The SMILES string of the molecule is CCOC(=O)C1N(C(=O)c2cc(OC)cc(OC)c2)C(=S)OC1(c1ccccc1)C(OCC(C)C)c1ccccc1. The molecule has 216 valence electrons. The van der Waals surface area contributed by atoms with Gasteiger partial charge in [-0.05, 0) is 42.8 Å². The Morgan fingerprint density at radius 2 is 1.54 bits per heavy atom. The summed E-state index contributed by atoms with van der Waals surface area (Å²) in [7, 11) is 2.98. The molecule has 0 N–H and O–H groups in total. The van der Waals surface area contributed by atoms with Crippen LogP contribution in [0.25, 0.3) is 0 Å². The number of rotatable bonds is 11. The number of carbonyl (C=O) groups is 2. The minimum atomic E-state index is -1.57. The Kier molecular flexibility index (Phi) is 9.62. The molecule has 0 aliphatic carbocycles. The molecule has 1 aliphatic rings. The molecule has 3 atom stereocenters. The van der Waals surface area contributed by atoms with E-state index in [2.05, 4.69) is 0 Å². The van der Waals surface area contributed by atoms with Gasteiger partial charge in [0.25, 0.3) is 11.1 Å². The molecule has 3 aromatic rings. The molecule has 1 saturated heterocycles. The maximum atomic E-state index is 14.3. The molecule has 1 amide bonds. The highest BCUT2D eigenvalue weighted by Crippen LogP contribution is 2.51. The summed E-state index contributed by atoms with van der Waals surface area (Å²) < 4.78 is 29.5. The van der Waals surface area contributed by atoms with Crippen LogP contribution in [0.3, 0.4) is 0 Å². The minimum Gasteiger partial charge on any atom is -0.497 e. The van der Waals surface area contributed by atoms with Gasteiger partial charge in [0.05, 0.1) is 20.8 Å². The second-order valence-corrected chi connectivity index (χ2v) is 10.3. The topological polar surface area (TPSA) is 83.5 Å². The Hall–Kier alpha value is -3.95. The van der Waals surface area contributed by atoms with Gasteiger partial charge in [-0.15, -0.1) is 0 Å². The van der Waals surface area contributed by atoms with Crippen molar-refractivity contribution in [2.24, 2.45) is 5.92 Å². The lowest BCUT2D eigenvalue weighted by Gasteiger charge is -2.40. The van der Waals surface area contributed by atoms with Crippen LogP contribution in [-0.4, -0.2) is 55.4 Å². The smallest absolute Gasteiger partial charge is 0.334 e. The summed E-state index contributed by atoms with van der Waals surface area (Å²) in [5.74, 6) is -0.260. The zero-order chi connectivity index (χ0) is 29.6. The first-order chi connectivity index (χ1) is 19.8. The minimum absolute atomic E-state index is 0.0881. The van der Waals surface area contributed by atoms with E-state index in [0.29, 0.717) is 23.7 Å². The van der Waals surface area contributed by atoms with Crippen molar-refractivity contribution in [2.75, 3.05) is 27.4 Å². The zero-order valence-electron chi connectivity index (χ0n) is 23.9. The van der Waals surface area contributed by atoms with Gasteiger partial charge in [0.2, 0.25) is 0 Å². The van der Waals surface area contributed by atoms with Crippen molar-refractivity contribution in [3.8, 4) is 11.5 Å². The van der Waals surface area contributed by atoms with Gasteiger partial charge in [0.15, 0.2) is 11.6 Å². The summed E-state index contributed by atoms with van der Waals surface area (Å²) >= 11 is 5.73.